The Morgan fingerprint density at radius 2 is 2.00 bits per heavy atom. The molecule has 0 spiro atoms. The van der Waals surface area contributed by atoms with E-state index in [9.17, 15) is 4.79 Å². The third-order valence-electron chi connectivity index (χ3n) is 3.43. The van der Waals surface area contributed by atoms with Gasteiger partial charge in [0, 0.05) is 13.1 Å². The largest absolute Gasteiger partial charge is 0.484 e. The van der Waals surface area contributed by atoms with Gasteiger partial charge in [-0.15, -0.1) is 0 Å². The van der Waals surface area contributed by atoms with Gasteiger partial charge in [0.1, 0.15) is 5.75 Å². The van der Waals surface area contributed by atoms with E-state index in [2.05, 4.69) is 17.1 Å². The summed E-state index contributed by atoms with van der Waals surface area (Å²) >= 11 is 5.26. The Labute approximate surface area is 125 Å². The Hall–Kier alpha value is -1.62. The molecule has 1 fully saturated rings. The highest BCUT2D eigenvalue weighted by Crippen LogP contribution is 2.15. The number of thiocarbonyl (C=S) groups is 1. The van der Waals surface area contributed by atoms with Crippen molar-refractivity contribution in [3.05, 3.63) is 30.3 Å². The number of hydrogen-bond acceptors (Lipinski definition) is 3. The molecule has 1 aromatic rings. The number of carbonyl (C=O) groups is 1. The first kappa shape index (κ1) is 14.8. The maximum Gasteiger partial charge on any atom is 0.264 e. The highest BCUT2D eigenvalue weighted by atomic mass is 32.1. The molecule has 0 aromatic heterocycles. The Bertz CT molecular complexity index is 456. The van der Waals surface area contributed by atoms with Gasteiger partial charge in [0.05, 0.1) is 0 Å². The van der Waals surface area contributed by atoms with Gasteiger partial charge in [0.25, 0.3) is 5.91 Å². The molecular weight excluding hydrogens is 272 g/mol. The summed E-state index contributed by atoms with van der Waals surface area (Å²) in [6, 6.07) is 9.27. The SMILES string of the molecule is CC1CCN(C(=S)NC(=O)COc2ccccc2)CC1. The lowest BCUT2D eigenvalue weighted by atomic mass is 10.00. The fourth-order valence-electron chi connectivity index (χ4n) is 2.11. The molecule has 1 aromatic carbocycles. The first-order valence-corrected chi connectivity index (χ1v) is 7.32. The first-order valence-electron chi connectivity index (χ1n) is 6.92. The van der Waals surface area contributed by atoms with Gasteiger partial charge in [-0.25, -0.2) is 0 Å². The lowest BCUT2D eigenvalue weighted by Crippen LogP contribution is -2.47. The minimum atomic E-state index is -0.211. The molecule has 0 bridgehead atoms. The number of nitrogens with zero attached hydrogens (tertiary/aromatic N) is 1. The Morgan fingerprint density at radius 1 is 1.35 bits per heavy atom. The zero-order valence-electron chi connectivity index (χ0n) is 11.7. The van der Waals surface area contributed by atoms with Gasteiger partial charge in [0.15, 0.2) is 11.7 Å². The molecule has 5 heteroatoms. The summed E-state index contributed by atoms with van der Waals surface area (Å²) in [6.07, 6.45) is 2.24. The zero-order chi connectivity index (χ0) is 14.4. The lowest BCUT2D eigenvalue weighted by molar-refractivity contribution is -0.121. The monoisotopic (exact) mass is 292 g/mol. The maximum atomic E-state index is 11.8. The quantitative estimate of drug-likeness (QED) is 0.867. The standard InChI is InChI=1S/C15H20N2O2S/c1-12-7-9-17(10-8-12)15(20)16-14(18)11-19-13-5-3-2-4-6-13/h2-6,12H,7-11H2,1H3,(H,16,18,20). The van der Waals surface area contributed by atoms with Gasteiger partial charge in [-0.05, 0) is 43.1 Å². The average Bonchev–Trinajstić information content (AvgIpc) is 2.47. The molecule has 1 heterocycles. The van der Waals surface area contributed by atoms with Crippen molar-refractivity contribution in [1.82, 2.24) is 10.2 Å². The number of carbonyl (C=O) groups excluding carboxylic acids is 1. The van der Waals surface area contributed by atoms with Crippen LogP contribution < -0.4 is 10.1 Å². The Kier molecular flexibility index (Phi) is 5.35. The topological polar surface area (TPSA) is 41.6 Å². The average molecular weight is 292 g/mol. The molecular formula is C15H20N2O2S. The van der Waals surface area contributed by atoms with Gasteiger partial charge in [-0.2, -0.15) is 0 Å². The van der Waals surface area contributed by atoms with Gasteiger partial charge < -0.3 is 15.0 Å². The molecule has 0 aliphatic carbocycles. The van der Waals surface area contributed by atoms with Crippen LogP contribution in [0.1, 0.15) is 19.8 Å². The minimum absolute atomic E-state index is 0.0194. The summed E-state index contributed by atoms with van der Waals surface area (Å²) in [5, 5.41) is 3.24. The van der Waals surface area contributed by atoms with E-state index >= 15 is 0 Å². The predicted octanol–water partition coefficient (Wildman–Crippen LogP) is 2.20. The second-order valence-electron chi connectivity index (χ2n) is 5.12. The molecule has 108 valence electrons. The van der Waals surface area contributed by atoms with Crippen LogP contribution in [0.3, 0.4) is 0 Å². The number of piperidine rings is 1. The summed E-state index contributed by atoms with van der Waals surface area (Å²) in [5.74, 6) is 1.21. The summed E-state index contributed by atoms with van der Waals surface area (Å²) in [4.78, 5) is 13.8. The van der Waals surface area contributed by atoms with E-state index in [4.69, 9.17) is 17.0 Å². The van der Waals surface area contributed by atoms with E-state index in [1.165, 1.54) is 0 Å². The molecule has 20 heavy (non-hydrogen) atoms. The summed E-state index contributed by atoms with van der Waals surface area (Å²) in [6.45, 7) is 4.06. The van der Waals surface area contributed by atoms with Crippen molar-refractivity contribution in [2.24, 2.45) is 5.92 Å². The number of benzene rings is 1. The van der Waals surface area contributed by atoms with Crippen LogP contribution in [0.25, 0.3) is 0 Å². The van der Waals surface area contributed by atoms with Crippen LogP contribution in [0.15, 0.2) is 30.3 Å². The molecule has 2 rings (SSSR count). The van der Waals surface area contributed by atoms with E-state index in [1.807, 2.05) is 30.3 Å². The molecule has 4 nitrogen and oxygen atoms in total. The van der Waals surface area contributed by atoms with Crippen LogP contribution >= 0.6 is 12.2 Å². The Morgan fingerprint density at radius 3 is 2.65 bits per heavy atom. The van der Waals surface area contributed by atoms with Crippen molar-refractivity contribution < 1.29 is 9.53 Å². The molecule has 0 radical (unpaired) electrons. The van der Waals surface area contributed by atoms with Crippen molar-refractivity contribution in [1.29, 1.82) is 0 Å². The summed E-state index contributed by atoms with van der Waals surface area (Å²) in [7, 11) is 0. The van der Waals surface area contributed by atoms with E-state index < -0.39 is 0 Å². The third-order valence-corrected chi connectivity index (χ3v) is 3.79. The number of para-hydroxylation sites is 1. The van der Waals surface area contributed by atoms with Crippen molar-refractivity contribution in [3.63, 3.8) is 0 Å². The normalized spacial score (nSPS) is 15.8. The van der Waals surface area contributed by atoms with E-state index in [-0.39, 0.29) is 12.5 Å². The smallest absolute Gasteiger partial charge is 0.264 e. The maximum absolute atomic E-state index is 11.8. The van der Waals surface area contributed by atoms with Crippen molar-refractivity contribution in [2.45, 2.75) is 19.8 Å². The van der Waals surface area contributed by atoms with Crippen LogP contribution in [0, 0.1) is 5.92 Å². The number of likely N-dealkylation sites (tertiary alicyclic amines) is 1. The molecule has 1 aliphatic rings. The number of rotatable bonds is 3. The molecule has 1 amide bonds. The fraction of sp³-hybridized carbons (Fsp3) is 0.467. The van der Waals surface area contributed by atoms with E-state index in [0.29, 0.717) is 10.9 Å². The van der Waals surface area contributed by atoms with Crippen molar-refractivity contribution in [3.8, 4) is 5.75 Å². The Balaban J connectivity index is 1.72. The molecule has 1 N–H and O–H groups in total. The van der Waals surface area contributed by atoms with E-state index in [1.54, 1.807) is 0 Å². The third kappa shape index (κ3) is 4.49. The number of ether oxygens (including phenoxy) is 1. The molecule has 0 unspecified atom stereocenters. The second-order valence-corrected chi connectivity index (χ2v) is 5.51. The fourth-order valence-corrected chi connectivity index (χ4v) is 2.41. The first-order chi connectivity index (χ1) is 9.65. The van der Waals surface area contributed by atoms with Gasteiger partial charge >= 0.3 is 0 Å². The van der Waals surface area contributed by atoms with Crippen LogP contribution in [-0.2, 0) is 4.79 Å². The number of nitrogens with one attached hydrogen (secondary N) is 1. The zero-order valence-corrected chi connectivity index (χ0v) is 12.5. The van der Waals surface area contributed by atoms with Gasteiger partial charge in [0.2, 0.25) is 0 Å². The molecule has 1 aliphatic heterocycles. The van der Waals surface area contributed by atoms with Gasteiger partial charge in [-0.1, -0.05) is 25.1 Å². The van der Waals surface area contributed by atoms with Crippen LogP contribution in [0.4, 0.5) is 0 Å². The number of hydrogen-bond donors (Lipinski definition) is 1. The molecule has 0 saturated carbocycles. The van der Waals surface area contributed by atoms with E-state index in [0.717, 1.165) is 31.8 Å². The second kappa shape index (κ2) is 7.24. The van der Waals surface area contributed by atoms with Crippen LogP contribution in [0.2, 0.25) is 0 Å². The summed E-state index contributed by atoms with van der Waals surface area (Å²) in [5.41, 5.74) is 0. The van der Waals surface area contributed by atoms with Gasteiger partial charge in [-0.3, -0.25) is 4.79 Å². The number of amides is 1. The van der Waals surface area contributed by atoms with Crippen LogP contribution in [-0.4, -0.2) is 35.6 Å². The minimum Gasteiger partial charge on any atom is -0.484 e. The predicted molar refractivity (Wildman–Crippen MR) is 82.6 cm³/mol. The molecule has 0 atom stereocenters. The highest BCUT2D eigenvalue weighted by Gasteiger charge is 2.19. The van der Waals surface area contributed by atoms with Crippen molar-refractivity contribution in [2.75, 3.05) is 19.7 Å². The highest BCUT2D eigenvalue weighted by molar-refractivity contribution is 7.80. The molecule has 1 saturated heterocycles. The van der Waals surface area contributed by atoms with Crippen molar-refractivity contribution >= 4 is 23.2 Å². The van der Waals surface area contributed by atoms with Crippen LogP contribution in [0.5, 0.6) is 5.75 Å². The summed E-state index contributed by atoms with van der Waals surface area (Å²) < 4.78 is 5.38. The lowest BCUT2D eigenvalue weighted by Gasteiger charge is -2.32.